The van der Waals surface area contributed by atoms with E-state index in [2.05, 4.69) is 10.2 Å². The van der Waals surface area contributed by atoms with Crippen LogP contribution in [0.5, 0.6) is 0 Å². The first kappa shape index (κ1) is 13.9. The normalized spacial score (nSPS) is 22.5. The molecule has 1 saturated heterocycles. The third-order valence-electron chi connectivity index (χ3n) is 4.73. The summed E-state index contributed by atoms with van der Waals surface area (Å²) in [5.41, 5.74) is 0.954. The fourth-order valence-electron chi connectivity index (χ4n) is 3.57. The van der Waals surface area contributed by atoms with Crippen LogP contribution in [0.15, 0.2) is 21.2 Å². The van der Waals surface area contributed by atoms with Crippen LogP contribution < -0.4 is 0 Å². The number of likely N-dealkylation sites (tertiary alicyclic amines) is 1. The molecule has 2 aromatic heterocycles. The number of hydrogen-bond acceptors (Lipinski definition) is 5. The Morgan fingerprint density at radius 2 is 2.09 bits per heavy atom. The van der Waals surface area contributed by atoms with E-state index in [9.17, 15) is 4.79 Å². The summed E-state index contributed by atoms with van der Waals surface area (Å²) < 4.78 is 5.85. The van der Waals surface area contributed by atoms with Gasteiger partial charge in [0, 0.05) is 23.4 Å². The van der Waals surface area contributed by atoms with E-state index in [1.54, 1.807) is 11.3 Å². The van der Waals surface area contributed by atoms with Gasteiger partial charge in [-0.25, -0.2) is 0 Å². The Hall–Kier alpha value is -1.69. The van der Waals surface area contributed by atoms with Crippen molar-refractivity contribution in [3.05, 3.63) is 22.7 Å². The molecule has 116 valence electrons. The average Bonchev–Trinajstić information content (AvgIpc) is 3.35. The first-order valence-electron chi connectivity index (χ1n) is 7.99. The topological polar surface area (TPSA) is 59.2 Å². The van der Waals surface area contributed by atoms with Crippen LogP contribution in [0.4, 0.5) is 0 Å². The number of carbonyl (C=O) groups is 1. The lowest BCUT2D eigenvalue weighted by Crippen LogP contribution is -2.35. The maximum Gasteiger partial charge on any atom is 0.248 e. The van der Waals surface area contributed by atoms with Crippen LogP contribution in [0.2, 0.25) is 0 Å². The Labute approximate surface area is 133 Å². The van der Waals surface area contributed by atoms with Crippen molar-refractivity contribution < 1.29 is 9.21 Å². The number of amides is 1. The van der Waals surface area contributed by atoms with Crippen LogP contribution in [-0.4, -0.2) is 27.5 Å². The minimum atomic E-state index is -0.0343. The molecular formula is C16H19N3O2S. The number of hydrogen-bond donors (Lipinski definition) is 0. The molecule has 0 N–H and O–H groups in total. The van der Waals surface area contributed by atoms with Gasteiger partial charge in [-0.2, -0.15) is 11.3 Å². The second-order valence-corrected chi connectivity index (χ2v) is 6.91. The minimum Gasteiger partial charge on any atom is -0.418 e. The summed E-state index contributed by atoms with van der Waals surface area (Å²) >= 11 is 1.61. The molecule has 2 aromatic rings. The highest BCUT2D eigenvalue weighted by molar-refractivity contribution is 7.08. The highest BCUT2D eigenvalue weighted by Crippen LogP contribution is 2.36. The maximum atomic E-state index is 12.7. The third-order valence-corrected chi connectivity index (χ3v) is 5.42. The first-order valence-corrected chi connectivity index (χ1v) is 8.93. The third kappa shape index (κ3) is 2.45. The quantitative estimate of drug-likeness (QED) is 0.867. The van der Waals surface area contributed by atoms with E-state index in [0.717, 1.165) is 37.8 Å². The van der Waals surface area contributed by atoms with Gasteiger partial charge in [-0.1, -0.05) is 12.8 Å². The molecule has 4 rings (SSSR count). The van der Waals surface area contributed by atoms with Gasteiger partial charge in [0.1, 0.15) is 6.04 Å². The van der Waals surface area contributed by atoms with Crippen LogP contribution in [-0.2, 0) is 4.79 Å². The molecule has 1 atom stereocenters. The van der Waals surface area contributed by atoms with Gasteiger partial charge in [0.25, 0.3) is 0 Å². The van der Waals surface area contributed by atoms with Gasteiger partial charge in [0.2, 0.25) is 17.7 Å². The highest BCUT2D eigenvalue weighted by atomic mass is 32.1. The summed E-state index contributed by atoms with van der Waals surface area (Å²) in [5.74, 6) is 1.64. The fraction of sp³-hybridized carbons (Fsp3) is 0.562. The van der Waals surface area contributed by atoms with E-state index in [4.69, 9.17) is 4.42 Å². The van der Waals surface area contributed by atoms with Gasteiger partial charge in [-0.05, 0) is 37.1 Å². The van der Waals surface area contributed by atoms with Gasteiger partial charge in [-0.3, -0.25) is 4.79 Å². The van der Waals surface area contributed by atoms with Crippen LogP contribution in [0.3, 0.4) is 0 Å². The van der Waals surface area contributed by atoms with Crippen LogP contribution in [0.1, 0.15) is 50.5 Å². The molecule has 1 amide bonds. The molecule has 1 saturated carbocycles. The van der Waals surface area contributed by atoms with E-state index in [-0.39, 0.29) is 17.9 Å². The summed E-state index contributed by atoms with van der Waals surface area (Å²) in [7, 11) is 0. The van der Waals surface area contributed by atoms with Crippen molar-refractivity contribution in [3.8, 4) is 11.5 Å². The van der Waals surface area contributed by atoms with Crippen molar-refractivity contribution in [2.75, 3.05) is 6.54 Å². The molecule has 6 heteroatoms. The van der Waals surface area contributed by atoms with Crippen molar-refractivity contribution in [2.45, 2.75) is 44.6 Å². The largest absolute Gasteiger partial charge is 0.418 e. The molecule has 0 bridgehead atoms. The van der Waals surface area contributed by atoms with Gasteiger partial charge in [0.05, 0.1) is 0 Å². The van der Waals surface area contributed by atoms with Crippen LogP contribution in [0.25, 0.3) is 11.5 Å². The summed E-state index contributed by atoms with van der Waals surface area (Å²) in [4.78, 5) is 14.7. The van der Waals surface area contributed by atoms with Gasteiger partial charge in [0.15, 0.2) is 0 Å². The lowest BCUT2D eigenvalue weighted by atomic mass is 10.1. The van der Waals surface area contributed by atoms with E-state index in [1.165, 1.54) is 12.8 Å². The van der Waals surface area contributed by atoms with E-state index in [1.807, 2.05) is 21.7 Å². The maximum absolute atomic E-state index is 12.7. The van der Waals surface area contributed by atoms with Gasteiger partial charge in [-0.15, -0.1) is 10.2 Å². The smallest absolute Gasteiger partial charge is 0.248 e. The SMILES string of the molecule is O=C(C1CCCC1)N1CCCC1c1nnc(-c2ccsc2)o1. The standard InChI is InChI=1S/C16H19N3O2S/c20-16(11-4-1-2-5-11)19-8-3-6-13(19)15-18-17-14(21-15)12-7-9-22-10-12/h7,9-11,13H,1-6,8H2. The molecule has 5 nitrogen and oxygen atoms in total. The summed E-state index contributed by atoms with van der Waals surface area (Å²) in [6.07, 6.45) is 6.36. The Morgan fingerprint density at radius 3 is 2.86 bits per heavy atom. The fourth-order valence-corrected chi connectivity index (χ4v) is 4.20. The zero-order valence-electron chi connectivity index (χ0n) is 12.4. The van der Waals surface area contributed by atoms with E-state index in [0.29, 0.717) is 11.8 Å². The number of aromatic nitrogens is 2. The van der Waals surface area contributed by atoms with Crippen LogP contribution >= 0.6 is 11.3 Å². The second kappa shape index (κ2) is 5.83. The van der Waals surface area contributed by atoms with Crippen molar-refractivity contribution in [3.63, 3.8) is 0 Å². The first-order chi connectivity index (χ1) is 10.8. The molecule has 0 spiro atoms. The molecule has 1 aliphatic heterocycles. The monoisotopic (exact) mass is 317 g/mol. The molecule has 3 heterocycles. The molecule has 1 unspecified atom stereocenters. The summed E-state index contributed by atoms with van der Waals surface area (Å²) in [6, 6.07) is 1.94. The highest BCUT2D eigenvalue weighted by Gasteiger charge is 2.37. The predicted octanol–water partition coefficient (Wildman–Crippen LogP) is 3.65. The van der Waals surface area contributed by atoms with Gasteiger partial charge < -0.3 is 9.32 Å². The van der Waals surface area contributed by atoms with Crippen molar-refractivity contribution in [2.24, 2.45) is 5.92 Å². The van der Waals surface area contributed by atoms with Crippen LogP contribution in [0, 0.1) is 5.92 Å². The van der Waals surface area contributed by atoms with E-state index >= 15 is 0 Å². The molecule has 0 aromatic carbocycles. The summed E-state index contributed by atoms with van der Waals surface area (Å²) in [6.45, 7) is 0.816. The second-order valence-electron chi connectivity index (χ2n) is 6.13. The predicted molar refractivity (Wildman–Crippen MR) is 83.3 cm³/mol. The summed E-state index contributed by atoms with van der Waals surface area (Å²) in [5, 5.41) is 12.3. The number of carbonyl (C=O) groups excluding carboxylic acids is 1. The molecule has 2 fully saturated rings. The minimum absolute atomic E-state index is 0.0343. The Balaban J connectivity index is 1.54. The molecule has 0 radical (unpaired) electrons. The Kier molecular flexibility index (Phi) is 3.70. The lowest BCUT2D eigenvalue weighted by Gasteiger charge is -2.25. The van der Waals surface area contributed by atoms with E-state index < -0.39 is 0 Å². The van der Waals surface area contributed by atoms with Crippen molar-refractivity contribution in [1.29, 1.82) is 0 Å². The molecule has 1 aliphatic carbocycles. The number of rotatable bonds is 3. The van der Waals surface area contributed by atoms with Gasteiger partial charge >= 0.3 is 0 Å². The zero-order valence-corrected chi connectivity index (χ0v) is 13.2. The zero-order chi connectivity index (χ0) is 14.9. The molecule has 2 aliphatic rings. The lowest BCUT2D eigenvalue weighted by molar-refractivity contribution is -0.136. The molecular weight excluding hydrogens is 298 g/mol. The Morgan fingerprint density at radius 1 is 1.23 bits per heavy atom. The number of thiophene rings is 1. The van der Waals surface area contributed by atoms with Crippen molar-refractivity contribution >= 4 is 17.2 Å². The Bertz CT molecular complexity index is 646. The number of nitrogens with zero attached hydrogens (tertiary/aromatic N) is 3. The van der Waals surface area contributed by atoms with Crippen molar-refractivity contribution in [1.82, 2.24) is 15.1 Å². The average molecular weight is 317 g/mol. The molecule has 22 heavy (non-hydrogen) atoms.